The van der Waals surface area contributed by atoms with Crippen LogP contribution < -0.4 is 5.32 Å². The molecule has 2 atom stereocenters. The van der Waals surface area contributed by atoms with E-state index in [0.717, 1.165) is 5.92 Å². The van der Waals surface area contributed by atoms with Crippen molar-refractivity contribution in [2.24, 2.45) is 5.41 Å². The Morgan fingerprint density at radius 1 is 1.29 bits per heavy atom. The van der Waals surface area contributed by atoms with Crippen molar-refractivity contribution in [3.8, 4) is 0 Å². The van der Waals surface area contributed by atoms with E-state index < -0.39 is 0 Å². The predicted octanol–water partition coefficient (Wildman–Crippen LogP) is 3.74. The molecule has 1 N–H and O–H groups in total. The molecule has 1 aliphatic rings. The maximum atomic E-state index is 3.49. The van der Waals surface area contributed by atoms with Gasteiger partial charge in [-0.3, -0.25) is 0 Å². The lowest BCUT2D eigenvalue weighted by molar-refractivity contribution is 0.292. The lowest BCUT2D eigenvalue weighted by atomic mass is 9.73. The maximum absolute atomic E-state index is 3.49. The normalized spacial score (nSPS) is 20.6. The van der Waals surface area contributed by atoms with Gasteiger partial charge in [0.2, 0.25) is 0 Å². The van der Waals surface area contributed by atoms with Crippen LogP contribution in [0.5, 0.6) is 0 Å². The Hall–Kier alpha value is -0.820. The SMILES string of the molecule is CNC(CC1Cc2ccccc21)CC(C)(C)C. The van der Waals surface area contributed by atoms with Crippen LogP contribution in [0.2, 0.25) is 0 Å². The number of nitrogens with one attached hydrogen (secondary N) is 1. The Kier molecular flexibility index (Phi) is 3.58. The van der Waals surface area contributed by atoms with E-state index in [1.165, 1.54) is 19.3 Å². The summed E-state index contributed by atoms with van der Waals surface area (Å²) >= 11 is 0. The van der Waals surface area contributed by atoms with Crippen molar-refractivity contribution in [3.05, 3.63) is 35.4 Å². The number of hydrogen-bond donors (Lipinski definition) is 1. The first kappa shape index (κ1) is 12.6. The molecule has 0 heterocycles. The summed E-state index contributed by atoms with van der Waals surface area (Å²) in [7, 11) is 2.10. The molecule has 1 nitrogen and oxygen atoms in total. The van der Waals surface area contributed by atoms with E-state index >= 15 is 0 Å². The van der Waals surface area contributed by atoms with Gasteiger partial charge >= 0.3 is 0 Å². The van der Waals surface area contributed by atoms with Gasteiger partial charge in [0.05, 0.1) is 0 Å². The summed E-state index contributed by atoms with van der Waals surface area (Å²) in [6.07, 6.45) is 3.81. The van der Waals surface area contributed by atoms with E-state index in [-0.39, 0.29) is 0 Å². The highest BCUT2D eigenvalue weighted by Crippen LogP contribution is 2.39. The van der Waals surface area contributed by atoms with Gasteiger partial charge in [-0.25, -0.2) is 0 Å². The van der Waals surface area contributed by atoms with Gasteiger partial charge in [0.1, 0.15) is 0 Å². The van der Waals surface area contributed by atoms with Crippen LogP contribution in [-0.4, -0.2) is 13.1 Å². The standard InChI is InChI=1S/C16H25N/c1-16(2,3)11-14(17-4)10-13-9-12-7-5-6-8-15(12)13/h5-8,13-14,17H,9-11H2,1-4H3. The summed E-state index contributed by atoms with van der Waals surface area (Å²) < 4.78 is 0. The highest BCUT2D eigenvalue weighted by Gasteiger charge is 2.29. The minimum atomic E-state index is 0.414. The number of rotatable bonds is 4. The summed E-state index contributed by atoms with van der Waals surface area (Å²) in [6.45, 7) is 6.98. The second-order valence-corrected chi connectivity index (χ2v) is 6.59. The van der Waals surface area contributed by atoms with Crippen LogP contribution in [0.25, 0.3) is 0 Å². The quantitative estimate of drug-likeness (QED) is 0.832. The largest absolute Gasteiger partial charge is 0.317 e. The van der Waals surface area contributed by atoms with E-state index in [2.05, 4.69) is 57.4 Å². The van der Waals surface area contributed by atoms with Crippen LogP contribution in [0.4, 0.5) is 0 Å². The Morgan fingerprint density at radius 2 is 2.00 bits per heavy atom. The molecule has 0 saturated heterocycles. The zero-order valence-corrected chi connectivity index (χ0v) is 11.6. The molecule has 17 heavy (non-hydrogen) atoms. The molecule has 0 radical (unpaired) electrons. The minimum absolute atomic E-state index is 0.414. The predicted molar refractivity (Wildman–Crippen MR) is 74.4 cm³/mol. The third kappa shape index (κ3) is 3.10. The minimum Gasteiger partial charge on any atom is -0.317 e. The van der Waals surface area contributed by atoms with Crippen molar-refractivity contribution in [2.75, 3.05) is 7.05 Å². The van der Waals surface area contributed by atoms with Gasteiger partial charge < -0.3 is 5.32 Å². The van der Waals surface area contributed by atoms with E-state index in [1.807, 2.05) is 0 Å². The first-order chi connectivity index (χ1) is 7.99. The Bertz CT molecular complexity index is 375. The van der Waals surface area contributed by atoms with E-state index in [9.17, 15) is 0 Å². The van der Waals surface area contributed by atoms with Crippen molar-refractivity contribution in [1.29, 1.82) is 0 Å². The average molecular weight is 231 g/mol. The van der Waals surface area contributed by atoms with Crippen molar-refractivity contribution < 1.29 is 0 Å². The van der Waals surface area contributed by atoms with Crippen molar-refractivity contribution in [3.63, 3.8) is 0 Å². The molecule has 0 aromatic heterocycles. The molecule has 0 fully saturated rings. The zero-order chi connectivity index (χ0) is 12.5. The molecular weight excluding hydrogens is 206 g/mol. The molecule has 0 spiro atoms. The summed E-state index contributed by atoms with van der Waals surface area (Å²) in [5.41, 5.74) is 3.56. The number of fused-ring (bicyclic) bond motifs is 1. The Morgan fingerprint density at radius 3 is 2.59 bits per heavy atom. The van der Waals surface area contributed by atoms with Crippen LogP contribution in [0.15, 0.2) is 24.3 Å². The highest BCUT2D eigenvalue weighted by molar-refractivity contribution is 5.39. The van der Waals surface area contributed by atoms with Crippen LogP contribution in [-0.2, 0) is 6.42 Å². The summed E-state index contributed by atoms with van der Waals surface area (Å²) in [4.78, 5) is 0. The monoisotopic (exact) mass is 231 g/mol. The van der Waals surface area contributed by atoms with Gasteiger partial charge in [-0.15, -0.1) is 0 Å². The molecule has 1 heteroatoms. The van der Waals surface area contributed by atoms with Crippen LogP contribution in [0.1, 0.15) is 50.7 Å². The fraction of sp³-hybridized carbons (Fsp3) is 0.625. The van der Waals surface area contributed by atoms with Crippen molar-refractivity contribution in [2.45, 2.75) is 52.0 Å². The second kappa shape index (κ2) is 4.81. The number of hydrogen-bond acceptors (Lipinski definition) is 1. The second-order valence-electron chi connectivity index (χ2n) is 6.59. The lowest BCUT2D eigenvalue weighted by Crippen LogP contribution is -2.34. The summed E-state index contributed by atoms with van der Waals surface area (Å²) in [6, 6.07) is 9.54. The van der Waals surface area contributed by atoms with E-state index in [1.54, 1.807) is 11.1 Å². The van der Waals surface area contributed by atoms with Gasteiger partial charge in [-0.1, -0.05) is 45.0 Å². The van der Waals surface area contributed by atoms with E-state index in [0.29, 0.717) is 11.5 Å². The van der Waals surface area contributed by atoms with Gasteiger partial charge in [0, 0.05) is 6.04 Å². The topological polar surface area (TPSA) is 12.0 Å². The van der Waals surface area contributed by atoms with Crippen LogP contribution in [0.3, 0.4) is 0 Å². The molecule has 1 aromatic carbocycles. The number of benzene rings is 1. The summed E-state index contributed by atoms with van der Waals surface area (Å²) in [5.74, 6) is 0.783. The summed E-state index contributed by atoms with van der Waals surface area (Å²) in [5, 5.41) is 3.49. The van der Waals surface area contributed by atoms with Gasteiger partial charge in [0.25, 0.3) is 0 Å². The molecule has 0 amide bonds. The van der Waals surface area contributed by atoms with Crippen LogP contribution in [0, 0.1) is 5.41 Å². The molecule has 1 aliphatic carbocycles. The fourth-order valence-electron chi connectivity index (χ4n) is 2.96. The van der Waals surface area contributed by atoms with Crippen molar-refractivity contribution in [1.82, 2.24) is 5.32 Å². The fourth-order valence-corrected chi connectivity index (χ4v) is 2.96. The molecule has 1 aromatic rings. The highest BCUT2D eigenvalue weighted by atomic mass is 14.9. The molecular formula is C16H25N. The third-order valence-electron chi connectivity index (χ3n) is 3.80. The smallest absolute Gasteiger partial charge is 0.00749 e. The molecule has 0 aliphatic heterocycles. The first-order valence-electron chi connectivity index (χ1n) is 6.74. The van der Waals surface area contributed by atoms with E-state index in [4.69, 9.17) is 0 Å². The van der Waals surface area contributed by atoms with Gasteiger partial charge in [-0.05, 0) is 48.8 Å². The average Bonchev–Trinajstić information content (AvgIpc) is 2.22. The van der Waals surface area contributed by atoms with Crippen LogP contribution >= 0.6 is 0 Å². The molecule has 0 bridgehead atoms. The Balaban J connectivity index is 1.94. The molecule has 2 rings (SSSR count). The van der Waals surface area contributed by atoms with Gasteiger partial charge in [0.15, 0.2) is 0 Å². The molecule has 94 valence electrons. The molecule has 2 unspecified atom stereocenters. The Labute approximate surface area is 106 Å². The zero-order valence-electron chi connectivity index (χ0n) is 11.6. The van der Waals surface area contributed by atoms with Gasteiger partial charge in [-0.2, -0.15) is 0 Å². The lowest BCUT2D eigenvalue weighted by Gasteiger charge is -2.35. The first-order valence-corrected chi connectivity index (χ1v) is 6.74. The third-order valence-corrected chi connectivity index (χ3v) is 3.80. The maximum Gasteiger partial charge on any atom is 0.00749 e. The van der Waals surface area contributed by atoms with Crippen molar-refractivity contribution >= 4 is 0 Å². The molecule has 0 saturated carbocycles.